The Kier molecular flexibility index (Phi) is 8.21. The first-order valence-corrected chi connectivity index (χ1v) is 10.1. The lowest BCUT2D eigenvalue weighted by Crippen LogP contribution is -2.34. The lowest BCUT2D eigenvalue weighted by Gasteiger charge is -2.28. The van der Waals surface area contributed by atoms with E-state index in [4.69, 9.17) is 0 Å². The average Bonchev–Trinajstić information content (AvgIpc) is 2.66. The minimum absolute atomic E-state index is 0.227. The minimum atomic E-state index is -0.438. The van der Waals surface area contributed by atoms with Crippen LogP contribution in [-0.2, 0) is 6.54 Å². The molecule has 0 heterocycles. The van der Waals surface area contributed by atoms with Gasteiger partial charge < -0.3 is 20.4 Å². The van der Waals surface area contributed by atoms with E-state index in [2.05, 4.69) is 10.6 Å². The Bertz CT molecular complexity index is 883. The highest BCUT2D eigenvalue weighted by atomic mass is 19.1. The van der Waals surface area contributed by atoms with E-state index in [1.807, 2.05) is 58.0 Å². The minimum Gasteiger partial charge on any atom is -0.377 e. The smallest absolute Gasteiger partial charge is 0.319 e. The summed E-state index contributed by atoms with van der Waals surface area (Å²) in [6, 6.07) is 11.1. The van der Waals surface area contributed by atoms with Crippen LogP contribution in [0.1, 0.15) is 36.7 Å². The van der Waals surface area contributed by atoms with Crippen LogP contribution in [0.4, 0.5) is 20.6 Å². The van der Waals surface area contributed by atoms with Gasteiger partial charge >= 0.3 is 6.03 Å². The van der Waals surface area contributed by atoms with Crippen LogP contribution in [0.5, 0.6) is 0 Å². The number of amides is 3. The van der Waals surface area contributed by atoms with E-state index >= 15 is 0 Å². The summed E-state index contributed by atoms with van der Waals surface area (Å²) in [6.45, 7) is 7.31. The molecule has 7 heteroatoms. The Hall–Kier alpha value is -3.09. The van der Waals surface area contributed by atoms with Crippen molar-refractivity contribution < 1.29 is 14.0 Å². The highest BCUT2D eigenvalue weighted by Crippen LogP contribution is 2.25. The number of nitrogens with one attached hydrogen (secondary N) is 2. The summed E-state index contributed by atoms with van der Waals surface area (Å²) in [5.74, 6) is -0.426. The number of benzene rings is 2. The third-order valence-electron chi connectivity index (χ3n) is 4.46. The van der Waals surface area contributed by atoms with Gasteiger partial charge in [0.1, 0.15) is 5.82 Å². The maximum absolute atomic E-state index is 13.7. The number of nitrogens with zero attached hydrogens (tertiary/aromatic N) is 2. The number of hydrogen-bond donors (Lipinski definition) is 2. The van der Waals surface area contributed by atoms with Gasteiger partial charge in [0.05, 0.1) is 0 Å². The Labute approximate surface area is 178 Å². The van der Waals surface area contributed by atoms with Gasteiger partial charge in [-0.05, 0) is 54.8 Å². The van der Waals surface area contributed by atoms with Crippen LogP contribution in [0.25, 0.3) is 0 Å². The summed E-state index contributed by atoms with van der Waals surface area (Å²) in [6.07, 6.45) is 0. The molecule has 6 nitrogen and oxygen atoms in total. The highest BCUT2D eigenvalue weighted by Gasteiger charge is 2.20. The van der Waals surface area contributed by atoms with Gasteiger partial charge in [-0.3, -0.25) is 4.79 Å². The molecule has 0 aliphatic carbocycles. The Balaban J connectivity index is 2.36. The van der Waals surface area contributed by atoms with Gasteiger partial charge in [0.2, 0.25) is 0 Å². The first-order chi connectivity index (χ1) is 14.2. The molecule has 2 aromatic carbocycles. The molecule has 0 fully saturated rings. The number of urea groups is 1. The molecule has 3 amide bonds. The summed E-state index contributed by atoms with van der Waals surface area (Å²) >= 11 is 0. The molecule has 0 aliphatic rings. The molecule has 0 saturated heterocycles. The van der Waals surface area contributed by atoms with Gasteiger partial charge in [0, 0.05) is 50.7 Å². The monoisotopic (exact) mass is 414 g/mol. The molecule has 0 radical (unpaired) electrons. The van der Waals surface area contributed by atoms with Gasteiger partial charge in [-0.1, -0.05) is 19.9 Å². The maximum Gasteiger partial charge on any atom is 0.319 e. The Morgan fingerprint density at radius 2 is 1.83 bits per heavy atom. The van der Waals surface area contributed by atoms with Crippen LogP contribution in [0, 0.1) is 11.7 Å². The predicted molar refractivity (Wildman–Crippen MR) is 119 cm³/mol. The summed E-state index contributed by atoms with van der Waals surface area (Å²) in [7, 11) is 3.85. The van der Waals surface area contributed by atoms with E-state index in [-0.39, 0.29) is 17.9 Å². The van der Waals surface area contributed by atoms with E-state index in [1.165, 1.54) is 18.2 Å². The molecule has 0 aromatic heterocycles. The second kappa shape index (κ2) is 10.6. The zero-order chi connectivity index (χ0) is 22.3. The third-order valence-corrected chi connectivity index (χ3v) is 4.46. The average molecular weight is 415 g/mol. The van der Waals surface area contributed by atoms with Crippen molar-refractivity contribution >= 4 is 23.3 Å². The second-order valence-corrected chi connectivity index (χ2v) is 7.81. The predicted octanol–water partition coefficient (Wildman–Crippen LogP) is 4.33. The van der Waals surface area contributed by atoms with Crippen LogP contribution in [0.3, 0.4) is 0 Å². The van der Waals surface area contributed by atoms with E-state index < -0.39 is 5.82 Å². The van der Waals surface area contributed by atoms with Crippen LogP contribution >= 0.6 is 0 Å². The molecule has 0 unspecified atom stereocenters. The Morgan fingerprint density at radius 1 is 1.10 bits per heavy atom. The first kappa shape index (κ1) is 23.2. The van der Waals surface area contributed by atoms with Crippen LogP contribution in [0.2, 0.25) is 0 Å². The van der Waals surface area contributed by atoms with Crippen LogP contribution < -0.4 is 15.5 Å². The quantitative estimate of drug-likeness (QED) is 0.676. The molecule has 0 spiro atoms. The number of carbonyl (C=O) groups is 2. The van der Waals surface area contributed by atoms with E-state index in [9.17, 15) is 14.0 Å². The molecule has 2 rings (SSSR count). The van der Waals surface area contributed by atoms with E-state index in [0.717, 1.165) is 11.3 Å². The third kappa shape index (κ3) is 6.47. The van der Waals surface area contributed by atoms with Gasteiger partial charge in [0.15, 0.2) is 0 Å². The summed E-state index contributed by atoms with van der Waals surface area (Å²) < 4.78 is 13.7. The molecule has 2 aromatic rings. The number of hydrogen-bond acceptors (Lipinski definition) is 3. The fourth-order valence-electron chi connectivity index (χ4n) is 3.23. The zero-order valence-corrected chi connectivity index (χ0v) is 18.3. The number of halogens is 1. The normalized spacial score (nSPS) is 10.6. The lowest BCUT2D eigenvalue weighted by atomic mass is 10.1. The van der Waals surface area contributed by atoms with Crippen molar-refractivity contribution in [2.24, 2.45) is 5.92 Å². The van der Waals surface area contributed by atoms with Crippen LogP contribution in [0.15, 0.2) is 42.5 Å². The summed E-state index contributed by atoms with van der Waals surface area (Å²) in [5, 5.41) is 5.51. The van der Waals surface area contributed by atoms with Crippen molar-refractivity contribution in [2.75, 3.05) is 37.4 Å². The van der Waals surface area contributed by atoms with E-state index in [1.54, 1.807) is 11.0 Å². The Morgan fingerprint density at radius 3 is 2.43 bits per heavy atom. The maximum atomic E-state index is 13.7. The molecule has 162 valence electrons. The van der Waals surface area contributed by atoms with Crippen molar-refractivity contribution in [3.63, 3.8) is 0 Å². The number of rotatable bonds is 8. The largest absolute Gasteiger partial charge is 0.377 e. The van der Waals surface area contributed by atoms with Crippen molar-refractivity contribution in [1.82, 2.24) is 10.2 Å². The number of anilines is 2. The molecule has 0 bridgehead atoms. The first-order valence-electron chi connectivity index (χ1n) is 10.1. The van der Waals surface area contributed by atoms with Crippen molar-refractivity contribution in [2.45, 2.75) is 27.3 Å². The fraction of sp³-hybridized carbons (Fsp3) is 0.391. The molecule has 0 atom stereocenters. The standard InChI is InChI=1S/C23H31FN4O2/c1-6-25-23(30)26-20-10-11-21(27(4)5)18(13-20)15-28(14-16(2)3)22(29)17-8-7-9-19(24)12-17/h7-13,16H,6,14-15H2,1-5H3,(H2,25,26,30). The van der Waals surface area contributed by atoms with Crippen molar-refractivity contribution in [1.29, 1.82) is 0 Å². The highest BCUT2D eigenvalue weighted by molar-refractivity contribution is 5.94. The van der Waals surface area contributed by atoms with Gasteiger partial charge in [-0.2, -0.15) is 0 Å². The van der Waals surface area contributed by atoms with Gasteiger partial charge in [0.25, 0.3) is 5.91 Å². The van der Waals surface area contributed by atoms with E-state index in [0.29, 0.717) is 30.9 Å². The second-order valence-electron chi connectivity index (χ2n) is 7.81. The van der Waals surface area contributed by atoms with Gasteiger partial charge in [-0.25, -0.2) is 9.18 Å². The van der Waals surface area contributed by atoms with Gasteiger partial charge in [-0.15, -0.1) is 0 Å². The van der Waals surface area contributed by atoms with Crippen molar-refractivity contribution in [3.05, 3.63) is 59.4 Å². The molecule has 0 aliphatic heterocycles. The molecular weight excluding hydrogens is 383 g/mol. The van der Waals surface area contributed by atoms with Crippen LogP contribution in [-0.4, -0.2) is 44.0 Å². The zero-order valence-electron chi connectivity index (χ0n) is 18.3. The molecule has 0 saturated carbocycles. The summed E-state index contributed by atoms with van der Waals surface area (Å²) in [5.41, 5.74) is 2.79. The topological polar surface area (TPSA) is 64.7 Å². The molecule has 2 N–H and O–H groups in total. The van der Waals surface area contributed by atoms with Crippen molar-refractivity contribution in [3.8, 4) is 0 Å². The molecular formula is C23H31FN4O2. The molecule has 30 heavy (non-hydrogen) atoms. The number of carbonyl (C=O) groups excluding carboxylic acids is 2. The lowest BCUT2D eigenvalue weighted by molar-refractivity contribution is 0.0722. The fourth-order valence-corrected chi connectivity index (χ4v) is 3.23. The SMILES string of the molecule is CCNC(=O)Nc1ccc(N(C)C)c(CN(CC(C)C)C(=O)c2cccc(F)c2)c1. The summed E-state index contributed by atoms with van der Waals surface area (Å²) in [4.78, 5) is 28.7.